The number of methoxy groups -OCH3 is 1. The smallest absolute Gasteiger partial charge is 0.414 e. The van der Waals surface area contributed by atoms with Crippen LogP contribution in [-0.2, 0) is 9.47 Å². The second-order valence-electron chi connectivity index (χ2n) is 9.63. The van der Waals surface area contributed by atoms with Crippen LogP contribution in [0.4, 0.5) is 29.7 Å². The van der Waals surface area contributed by atoms with Gasteiger partial charge in [0.2, 0.25) is 0 Å². The number of allylic oxidation sites excluding steroid dienone is 1. The summed E-state index contributed by atoms with van der Waals surface area (Å²) in [4.78, 5) is 36.2. The molecule has 1 aromatic rings. The Morgan fingerprint density at radius 3 is 2.57 bits per heavy atom. The van der Waals surface area contributed by atoms with Crippen LogP contribution in [0.2, 0.25) is 0 Å². The van der Waals surface area contributed by atoms with Gasteiger partial charge in [0.05, 0.1) is 32.4 Å². The summed E-state index contributed by atoms with van der Waals surface area (Å²) in [6.45, 7) is 7.28. The number of ether oxygens (including phenoxy) is 2. The first-order valence-corrected chi connectivity index (χ1v) is 13.8. The number of nitrogens with two attached hydrogens (primary N) is 1. The van der Waals surface area contributed by atoms with Gasteiger partial charge in [-0.15, -0.1) is 0 Å². The van der Waals surface area contributed by atoms with Crippen LogP contribution < -0.4 is 26.3 Å². The molecule has 0 aliphatic carbocycles. The summed E-state index contributed by atoms with van der Waals surface area (Å²) in [6.07, 6.45) is 3.24. The lowest BCUT2D eigenvalue weighted by Crippen LogP contribution is -2.55. The number of hydrogen-bond acceptors (Lipinski definition) is 10. The molecule has 0 saturated carbocycles. The minimum Gasteiger partial charge on any atom is -0.474 e. The van der Waals surface area contributed by atoms with E-state index in [-0.39, 0.29) is 55.3 Å². The number of hydrogen-bond donors (Lipinski definition) is 3. The van der Waals surface area contributed by atoms with Gasteiger partial charge < -0.3 is 35.2 Å². The predicted molar refractivity (Wildman–Crippen MR) is 158 cm³/mol. The third-order valence-corrected chi connectivity index (χ3v) is 7.32. The second-order valence-corrected chi connectivity index (χ2v) is 10.0. The first kappa shape index (κ1) is 30.8. The maximum Gasteiger partial charge on any atom is 0.414 e. The van der Waals surface area contributed by atoms with Crippen LogP contribution in [0.3, 0.4) is 0 Å². The molecule has 3 fully saturated rings. The summed E-state index contributed by atoms with van der Waals surface area (Å²) in [5, 5.41) is 4.41. The number of amides is 3. The fourth-order valence-corrected chi connectivity index (χ4v) is 4.91. The van der Waals surface area contributed by atoms with Gasteiger partial charge >= 0.3 is 12.1 Å². The van der Waals surface area contributed by atoms with Crippen LogP contribution >= 0.6 is 12.2 Å². The Morgan fingerprint density at radius 1 is 1.21 bits per heavy atom. The summed E-state index contributed by atoms with van der Waals surface area (Å²) < 4.78 is 40.7. The molecule has 0 spiro atoms. The number of benzene rings is 1. The number of nitrogens with one attached hydrogen (secondary N) is 2. The van der Waals surface area contributed by atoms with Crippen LogP contribution in [-0.4, -0.2) is 117 Å². The standard InChI is InChI=1S/C26H35F2N9O4S/c1-18(30-5-3-4-29)33-8-10-35(11-9-33)25(38)37-13-12-34(7-6-32-37)23-21(27)14-19(15-22(23)28)36-17-20(41-26(36)39)16-31-24(42)40-2/h3-5,14-15,20,32H,1,6-13,16-17,29H2,2H3,(H,31,42)/b4-3-,30-5-/t20-/m0/s1. The van der Waals surface area contributed by atoms with Gasteiger partial charge in [-0.05, 0) is 24.5 Å². The Hall–Kier alpha value is -4.18. The molecule has 3 saturated heterocycles. The van der Waals surface area contributed by atoms with Crippen molar-refractivity contribution in [3.63, 3.8) is 0 Å². The Bertz CT molecular complexity index is 1220. The highest BCUT2D eigenvalue weighted by atomic mass is 32.1. The summed E-state index contributed by atoms with van der Waals surface area (Å²) in [5.41, 5.74) is 8.20. The van der Waals surface area contributed by atoms with E-state index in [2.05, 4.69) is 22.3 Å². The number of anilines is 2. The highest BCUT2D eigenvalue weighted by molar-refractivity contribution is 7.80. The monoisotopic (exact) mass is 607 g/mol. The summed E-state index contributed by atoms with van der Waals surface area (Å²) in [7, 11) is 1.41. The third-order valence-electron chi connectivity index (χ3n) is 7.01. The quantitative estimate of drug-likeness (QED) is 0.307. The number of urea groups is 1. The molecule has 3 aliphatic rings. The molecule has 13 nitrogen and oxygen atoms in total. The average molecular weight is 608 g/mol. The number of cyclic esters (lactones) is 1. The molecular formula is C26H35F2N9O4S. The zero-order valence-electron chi connectivity index (χ0n) is 23.3. The average Bonchev–Trinajstić information content (AvgIpc) is 3.19. The van der Waals surface area contributed by atoms with Crippen molar-refractivity contribution in [2.75, 3.05) is 82.4 Å². The number of carbonyl (C=O) groups excluding carboxylic acids is 2. The molecule has 0 bridgehead atoms. The van der Waals surface area contributed by atoms with Gasteiger partial charge in [0.1, 0.15) is 17.6 Å². The molecule has 3 aliphatic heterocycles. The van der Waals surface area contributed by atoms with Crippen molar-refractivity contribution < 1.29 is 27.8 Å². The van der Waals surface area contributed by atoms with E-state index < -0.39 is 23.8 Å². The minimum absolute atomic E-state index is 0.0451. The fraction of sp³-hybridized carbons (Fsp3) is 0.462. The molecule has 16 heteroatoms. The van der Waals surface area contributed by atoms with Crippen molar-refractivity contribution in [1.82, 2.24) is 25.6 Å². The van der Waals surface area contributed by atoms with Crippen LogP contribution in [0.1, 0.15) is 0 Å². The van der Waals surface area contributed by atoms with Gasteiger partial charge in [0.25, 0.3) is 5.17 Å². The summed E-state index contributed by atoms with van der Waals surface area (Å²) >= 11 is 4.91. The lowest BCUT2D eigenvalue weighted by atomic mass is 10.2. The van der Waals surface area contributed by atoms with E-state index in [9.17, 15) is 9.59 Å². The van der Waals surface area contributed by atoms with Gasteiger partial charge in [0.15, 0.2) is 11.6 Å². The molecule has 0 aromatic heterocycles. The van der Waals surface area contributed by atoms with Crippen LogP contribution in [0.15, 0.2) is 41.8 Å². The summed E-state index contributed by atoms with van der Waals surface area (Å²) in [5.74, 6) is -1.05. The van der Waals surface area contributed by atoms with Gasteiger partial charge in [-0.2, -0.15) is 0 Å². The van der Waals surface area contributed by atoms with E-state index in [1.54, 1.807) is 22.1 Å². The zero-order valence-corrected chi connectivity index (χ0v) is 24.1. The molecule has 228 valence electrons. The highest BCUT2D eigenvalue weighted by Gasteiger charge is 2.34. The van der Waals surface area contributed by atoms with E-state index >= 15 is 8.78 Å². The molecule has 0 unspecified atom stereocenters. The van der Waals surface area contributed by atoms with Gasteiger partial charge in [-0.3, -0.25) is 9.91 Å². The molecule has 1 aromatic carbocycles. The van der Waals surface area contributed by atoms with Crippen molar-refractivity contribution in [2.24, 2.45) is 10.7 Å². The number of aliphatic imine (C=N–C) groups is 1. The van der Waals surface area contributed by atoms with Crippen molar-refractivity contribution in [3.05, 3.63) is 48.4 Å². The van der Waals surface area contributed by atoms with Gasteiger partial charge in [-0.25, -0.2) is 28.8 Å². The molecule has 4 N–H and O–H groups in total. The predicted octanol–water partition coefficient (Wildman–Crippen LogP) is 1.19. The maximum absolute atomic E-state index is 15.3. The fourth-order valence-electron chi connectivity index (χ4n) is 4.82. The molecule has 4 rings (SSSR count). The largest absolute Gasteiger partial charge is 0.474 e. The van der Waals surface area contributed by atoms with Crippen molar-refractivity contribution in [1.29, 1.82) is 0 Å². The van der Waals surface area contributed by atoms with Crippen molar-refractivity contribution in [3.8, 4) is 0 Å². The summed E-state index contributed by atoms with van der Waals surface area (Å²) in [6, 6.07) is 2.01. The number of carbonyl (C=O) groups is 2. The molecule has 3 amide bonds. The lowest BCUT2D eigenvalue weighted by molar-refractivity contribution is 0.110. The van der Waals surface area contributed by atoms with Crippen LogP contribution in [0.5, 0.6) is 0 Å². The third kappa shape index (κ3) is 7.36. The Balaban J connectivity index is 1.33. The highest BCUT2D eigenvalue weighted by Crippen LogP contribution is 2.31. The lowest BCUT2D eigenvalue weighted by Gasteiger charge is -2.38. The molecule has 1 atom stereocenters. The number of hydrazine groups is 1. The van der Waals surface area contributed by atoms with Crippen molar-refractivity contribution in [2.45, 2.75) is 6.10 Å². The zero-order chi connectivity index (χ0) is 30.2. The number of nitrogens with zero attached hydrogens (tertiary/aromatic N) is 6. The van der Waals surface area contributed by atoms with E-state index in [1.165, 1.54) is 23.2 Å². The Kier molecular flexibility index (Phi) is 10.4. The normalized spacial score (nSPS) is 19.8. The topological polar surface area (TPSA) is 131 Å². The SMILES string of the molecule is C=C(/N=C\C=C/N)N1CCN(C(=O)N2CCN(c3c(F)cc(N4C[C@H](CNC(=S)OC)OC4=O)cc3F)CCN2)CC1. The first-order chi connectivity index (χ1) is 20.2. The van der Waals surface area contributed by atoms with Crippen molar-refractivity contribution >= 4 is 47.1 Å². The Morgan fingerprint density at radius 2 is 1.90 bits per heavy atom. The number of rotatable bonds is 7. The van der Waals surface area contributed by atoms with Crippen LogP contribution in [0, 0.1) is 11.6 Å². The first-order valence-electron chi connectivity index (χ1n) is 13.4. The van der Waals surface area contributed by atoms with E-state index in [0.29, 0.717) is 38.5 Å². The minimum atomic E-state index is -0.819. The van der Waals surface area contributed by atoms with E-state index in [0.717, 1.165) is 12.1 Å². The molecular weight excluding hydrogens is 572 g/mol. The van der Waals surface area contributed by atoms with E-state index in [1.807, 2.05) is 4.90 Å². The van der Waals surface area contributed by atoms with Gasteiger partial charge in [-0.1, -0.05) is 6.58 Å². The second kappa shape index (κ2) is 14.1. The number of halogens is 2. The molecule has 3 heterocycles. The van der Waals surface area contributed by atoms with Gasteiger partial charge in [0, 0.05) is 64.2 Å². The molecule has 42 heavy (non-hydrogen) atoms. The Labute approximate surface area is 248 Å². The van der Waals surface area contributed by atoms with E-state index in [4.69, 9.17) is 27.4 Å². The van der Waals surface area contributed by atoms with Crippen LogP contribution in [0.25, 0.3) is 0 Å². The molecule has 0 radical (unpaired) electrons. The number of piperazine rings is 1. The maximum atomic E-state index is 15.3. The number of thiocarbonyl (C=S) groups is 1.